The minimum absolute atomic E-state index is 0.0000859. The highest BCUT2D eigenvalue weighted by atomic mass is 32.1. The number of benzene rings is 2. The van der Waals surface area contributed by atoms with Gasteiger partial charge in [0, 0.05) is 13.2 Å². The number of hydrogen-bond donors (Lipinski definition) is 4. The molecule has 0 saturated carbocycles. The number of ether oxygens (including phenoxy) is 1. The van der Waals surface area contributed by atoms with Gasteiger partial charge in [-0.25, -0.2) is 0 Å². The van der Waals surface area contributed by atoms with Crippen LogP contribution in [-0.4, -0.2) is 41.8 Å². The molecule has 7 nitrogen and oxygen atoms in total. The lowest BCUT2D eigenvalue weighted by Crippen LogP contribution is -2.35. The molecule has 31 heavy (non-hydrogen) atoms. The Balaban J connectivity index is 2.01. The van der Waals surface area contributed by atoms with Crippen LogP contribution in [0.3, 0.4) is 0 Å². The number of aliphatic hydroxyl groups is 1. The van der Waals surface area contributed by atoms with E-state index >= 15 is 0 Å². The van der Waals surface area contributed by atoms with Crippen molar-refractivity contribution in [3.63, 3.8) is 0 Å². The number of nitrogens with one attached hydrogen (secondary N) is 3. The molecule has 2 aromatic carbocycles. The number of carbonyl (C=O) groups excluding carboxylic acids is 2. The van der Waals surface area contributed by atoms with E-state index in [9.17, 15) is 9.59 Å². The van der Waals surface area contributed by atoms with Crippen molar-refractivity contribution in [1.29, 1.82) is 0 Å². The van der Waals surface area contributed by atoms with Gasteiger partial charge < -0.3 is 20.5 Å². The summed E-state index contributed by atoms with van der Waals surface area (Å²) in [4.78, 5) is 25.1. The summed E-state index contributed by atoms with van der Waals surface area (Å²) in [6, 6.07) is 13.9. The maximum absolute atomic E-state index is 12.7. The van der Waals surface area contributed by atoms with Crippen molar-refractivity contribution >= 4 is 34.8 Å². The number of anilines is 1. The van der Waals surface area contributed by atoms with Gasteiger partial charge in [-0.15, -0.1) is 0 Å². The van der Waals surface area contributed by atoms with Gasteiger partial charge in [0.05, 0.1) is 23.4 Å². The Bertz CT molecular complexity index is 889. The Morgan fingerprint density at radius 3 is 2.42 bits per heavy atom. The molecule has 0 radical (unpaired) electrons. The van der Waals surface area contributed by atoms with E-state index in [0.29, 0.717) is 42.1 Å². The molecule has 2 rings (SSSR count). The maximum atomic E-state index is 12.7. The number of para-hydroxylation sites is 2. The van der Waals surface area contributed by atoms with E-state index in [1.165, 1.54) is 0 Å². The lowest BCUT2D eigenvalue weighted by molar-refractivity contribution is 0.0949. The second-order valence-corrected chi connectivity index (χ2v) is 7.25. The molecule has 0 spiro atoms. The molecular weight excluding hydrogens is 414 g/mol. The van der Waals surface area contributed by atoms with Crippen LogP contribution in [0.5, 0.6) is 5.75 Å². The van der Waals surface area contributed by atoms with Gasteiger partial charge >= 0.3 is 0 Å². The third-order valence-corrected chi connectivity index (χ3v) is 4.61. The van der Waals surface area contributed by atoms with Crippen LogP contribution in [0, 0.1) is 0 Å². The summed E-state index contributed by atoms with van der Waals surface area (Å²) in [5, 5.41) is 17.2. The molecule has 0 saturated heterocycles. The highest BCUT2D eigenvalue weighted by molar-refractivity contribution is 7.80. The molecule has 166 valence electrons. The van der Waals surface area contributed by atoms with Crippen molar-refractivity contribution in [2.24, 2.45) is 0 Å². The first-order chi connectivity index (χ1) is 15.1. The fourth-order valence-corrected chi connectivity index (χ4v) is 3.01. The molecule has 0 atom stereocenters. The summed E-state index contributed by atoms with van der Waals surface area (Å²) in [7, 11) is 0. The zero-order chi connectivity index (χ0) is 22.5. The van der Waals surface area contributed by atoms with E-state index in [1.807, 2.05) is 6.07 Å². The zero-order valence-electron chi connectivity index (χ0n) is 17.6. The van der Waals surface area contributed by atoms with Gasteiger partial charge in [-0.05, 0) is 49.3 Å². The minimum Gasteiger partial charge on any atom is -0.493 e. The van der Waals surface area contributed by atoms with E-state index in [2.05, 4.69) is 22.9 Å². The number of aliphatic hydroxyl groups excluding tert-OH is 1. The average Bonchev–Trinajstić information content (AvgIpc) is 2.77. The van der Waals surface area contributed by atoms with Gasteiger partial charge in [0.25, 0.3) is 11.8 Å². The first-order valence-corrected chi connectivity index (χ1v) is 10.8. The summed E-state index contributed by atoms with van der Waals surface area (Å²) in [5.41, 5.74) is 1.24. The van der Waals surface area contributed by atoms with Crippen LogP contribution in [0.2, 0.25) is 0 Å². The van der Waals surface area contributed by atoms with Gasteiger partial charge in [0.1, 0.15) is 5.75 Å². The van der Waals surface area contributed by atoms with Gasteiger partial charge in [-0.1, -0.05) is 44.0 Å². The SMILES string of the molecule is CCCCCOc1ccccc1C(=O)NC(=S)Nc1ccccc1C(=O)NCCCO. The molecule has 4 N–H and O–H groups in total. The number of amides is 2. The van der Waals surface area contributed by atoms with Gasteiger partial charge in [0.2, 0.25) is 0 Å². The van der Waals surface area contributed by atoms with E-state index in [1.54, 1.807) is 42.5 Å². The lowest BCUT2D eigenvalue weighted by Gasteiger charge is -2.15. The normalized spacial score (nSPS) is 10.3. The molecule has 0 aliphatic heterocycles. The first kappa shape index (κ1) is 24.3. The zero-order valence-corrected chi connectivity index (χ0v) is 18.5. The highest BCUT2D eigenvalue weighted by Crippen LogP contribution is 2.19. The number of thiocarbonyl (C=S) groups is 1. The van der Waals surface area contributed by atoms with Gasteiger partial charge in [-0.2, -0.15) is 0 Å². The van der Waals surface area contributed by atoms with Crippen molar-refractivity contribution in [2.75, 3.05) is 25.1 Å². The molecule has 0 heterocycles. The summed E-state index contributed by atoms with van der Waals surface area (Å²) in [5.74, 6) is -0.187. The third kappa shape index (κ3) is 7.99. The maximum Gasteiger partial charge on any atom is 0.261 e. The van der Waals surface area contributed by atoms with Crippen molar-refractivity contribution in [1.82, 2.24) is 10.6 Å². The van der Waals surface area contributed by atoms with Crippen molar-refractivity contribution in [2.45, 2.75) is 32.6 Å². The molecule has 0 aromatic heterocycles. The molecule has 0 unspecified atom stereocenters. The lowest BCUT2D eigenvalue weighted by atomic mass is 10.1. The van der Waals surface area contributed by atoms with Crippen LogP contribution in [0.15, 0.2) is 48.5 Å². The van der Waals surface area contributed by atoms with Crippen LogP contribution in [0.1, 0.15) is 53.3 Å². The number of rotatable bonds is 11. The van der Waals surface area contributed by atoms with E-state index in [-0.39, 0.29) is 17.6 Å². The van der Waals surface area contributed by atoms with Crippen molar-refractivity contribution in [3.8, 4) is 5.75 Å². The Kier molecular flexibility index (Phi) is 10.5. The summed E-state index contributed by atoms with van der Waals surface area (Å²) < 4.78 is 5.76. The fourth-order valence-electron chi connectivity index (χ4n) is 2.80. The average molecular weight is 444 g/mol. The first-order valence-electron chi connectivity index (χ1n) is 10.4. The largest absolute Gasteiger partial charge is 0.493 e. The number of carbonyl (C=O) groups is 2. The molecule has 2 amide bonds. The standard InChI is InChI=1S/C23H29N3O4S/c1-2-3-8-16-30-20-13-7-5-11-18(20)22(29)26-23(31)25-19-12-6-4-10-17(19)21(28)24-14-9-15-27/h4-7,10-13,27H,2-3,8-9,14-16H2,1H3,(H,24,28)(H2,25,26,29,31). The van der Waals surface area contributed by atoms with Crippen LogP contribution in [-0.2, 0) is 0 Å². The summed E-state index contributed by atoms with van der Waals surface area (Å²) in [6.45, 7) is 3.02. The van der Waals surface area contributed by atoms with E-state index in [0.717, 1.165) is 19.3 Å². The molecule has 0 bridgehead atoms. The summed E-state index contributed by atoms with van der Waals surface area (Å²) in [6.07, 6.45) is 3.54. The smallest absolute Gasteiger partial charge is 0.261 e. The topological polar surface area (TPSA) is 99.7 Å². The molecule has 0 aliphatic carbocycles. The number of hydrogen-bond acceptors (Lipinski definition) is 5. The predicted octanol–water partition coefficient (Wildman–Crippen LogP) is 3.49. The minimum atomic E-state index is -0.395. The van der Waals surface area contributed by atoms with Crippen LogP contribution in [0.25, 0.3) is 0 Å². The molecule has 0 aliphatic rings. The second kappa shape index (κ2) is 13.4. The van der Waals surface area contributed by atoms with E-state index < -0.39 is 5.91 Å². The third-order valence-electron chi connectivity index (χ3n) is 4.40. The van der Waals surface area contributed by atoms with Crippen molar-refractivity contribution < 1.29 is 19.4 Å². The Morgan fingerprint density at radius 1 is 0.968 bits per heavy atom. The van der Waals surface area contributed by atoms with Gasteiger partial charge in [-0.3, -0.25) is 14.9 Å². The van der Waals surface area contributed by atoms with Gasteiger partial charge in [0.15, 0.2) is 5.11 Å². The number of unbranched alkanes of at least 4 members (excludes halogenated alkanes) is 2. The molecule has 0 fully saturated rings. The quantitative estimate of drug-likeness (QED) is 0.313. The Labute approximate surface area is 188 Å². The van der Waals surface area contributed by atoms with Crippen molar-refractivity contribution in [3.05, 3.63) is 59.7 Å². The van der Waals surface area contributed by atoms with Crippen LogP contribution in [0.4, 0.5) is 5.69 Å². The van der Waals surface area contributed by atoms with E-state index in [4.69, 9.17) is 22.1 Å². The molecule has 8 heteroatoms. The fraction of sp³-hybridized carbons (Fsp3) is 0.348. The van der Waals surface area contributed by atoms with Crippen LogP contribution >= 0.6 is 12.2 Å². The second-order valence-electron chi connectivity index (χ2n) is 6.84. The summed E-state index contributed by atoms with van der Waals surface area (Å²) >= 11 is 5.28. The molecule has 2 aromatic rings. The Morgan fingerprint density at radius 2 is 1.68 bits per heavy atom. The monoisotopic (exact) mass is 443 g/mol. The van der Waals surface area contributed by atoms with Crippen LogP contribution < -0.4 is 20.7 Å². The Hall–Kier alpha value is -2.97. The highest BCUT2D eigenvalue weighted by Gasteiger charge is 2.16. The predicted molar refractivity (Wildman–Crippen MR) is 126 cm³/mol. The molecular formula is C23H29N3O4S.